The zero-order valence-electron chi connectivity index (χ0n) is 22.4. The fourth-order valence-corrected chi connectivity index (χ4v) is 4.80. The molecular formula is C29H25ClFN3O7S. The first-order valence-corrected chi connectivity index (χ1v) is 13.7. The van der Waals surface area contributed by atoms with E-state index in [-0.39, 0.29) is 28.0 Å². The molecule has 42 heavy (non-hydrogen) atoms. The molecule has 13 heteroatoms. The summed E-state index contributed by atoms with van der Waals surface area (Å²) in [7, 11) is 1.42. The number of nitrogens with zero attached hydrogens (tertiary/aromatic N) is 1. The number of ether oxygens (including phenoxy) is 3. The van der Waals surface area contributed by atoms with Crippen LogP contribution in [-0.4, -0.2) is 54.7 Å². The average molecular weight is 614 g/mol. The average Bonchev–Trinajstić information content (AvgIpc) is 3.22. The molecule has 3 aromatic carbocycles. The number of methoxy groups -OCH3 is 1. The molecule has 0 aliphatic carbocycles. The predicted molar refractivity (Wildman–Crippen MR) is 157 cm³/mol. The van der Waals surface area contributed by atoms with Gasteiger partial charge in [0.25, 0.3) is 17.1 Å². The van der Waals surface area contributed by atoms with E-state index < -0.39 is 35.3 Å². The van der Waals surface area contributed by atoms with Gasteiger partial charge in [-0.25, -0.2) is 4.39 Å². The predicted octanol–water partition coefficient (Wildman–Crippen LogP) is 5.58. The van der Waals surface area contributed by atoms with Crippen molar-refractivity contribution in [1.82, 2.24) is 4.90 Å². The molecule has 3 aromatic rings. The second-order valence-electron chi connectivity index (χ2n) is 8.62. The summed E-state index contributed by atoms with van der Waals surface area (Å²) in [5.41, 5.74) is 1.25. The van der Waals surface area contributed by atoms with Crippen LogP contribution in [0.2, 0.25) is 5.02 Å². The Morgan fingerprint density at radius 2 is 1.76 bits per heavy atom. The fourth-order valence-electron chi connectivity index (χ4n) is 3.78. The molecule has 1 fully saturated rings. The van der Waals surface area contributed by atoms with E-state index in [9.17, 15) is 23.6 Å². The van der Waals surface area contributed by atoms with Crippen LogP contribution >= 0.6 is 23.4 Å². The van der Waals surface area contributed by atoms with Gasteiger partial charge in [0.2, 0.25) is 5.91 Å². The van der Waals surface area contributed by atoms with E-state index in [0.717, 1.165) is 11.0 Å². The monoisotopic (exact) mass is 613 g/mol. The Balaban J connectivity index is 1.38. The Hall–Kier alpha value is -4.55. The van der Waals surface area contributed by atoms with E-state index >= 15 is 0 Å². The zero-order valence-corrected chi connectivity index (χ0v) is 24.0. The van der Waals surface area contributed by atoms with Gasteiger partial charge in [-0.3, -0.25) is 24.1 Å². The number of carbonyl (C=O) groups excluding carboxylic acids is 4. The minimum atomic E-state index is -0.658. The van der Waals surface area contributed by atoms with Crippen molar-refractivity contribution < 1.29 is 37.8 Å². The lowest BCUT2D eigenvalue weighted by molar-refractivity contribution is -0.127. The van der Waals surface area contributed by atoms with Crippen molar-refractivity contribution in [3.05, 3.63) is 82.0 Å². The molecule has 218 valence electrons. The van der Waals surface area contributed by atoms with E-state index in [1.165, 1.54) is 25.3 Å². The number of halogens is 2. The maximum absolute atomic E-state index is 13.3. The summed E-state index contributed by atoms with van der Waals surface area (Å²) in [5, 5.41) is 4.41. The number of para-hydroxylation sites is 2. The number of hydrogen-bond acceptors (Lipinski definition) is 8. The van der Waals surface area contributed by atoms with Crippen LogP contribution in [0.25, 0.3) is 6.08 Å². The molecule has 1 aliphatic rings. The van der Waals surface area contributed by atoms with Gasteiger partial charge < -0.3 is 24.8 Å². The van der Waals surface area contributed by atoms with E-state index in [4.69, 9.17) is 25.8 Å². The molecule has 4 rings (SSSR count). The SMILES string of the molecule is CCOc1ccccc1NC(=O)COc1ccc(/C=C2/SC(=O)N(CC(=O)Nc3ccc(F)c(Cl)c3)C2=O)cc1OC. The van der Waals surface area contributed by atoms with Crippen molar-refractivity contribution in [3.63, 3.8) is 0 Å². The molecule has 10 nitrogen and oxygen atoms in total. The third-order valence-corrected chi connectivity index (χ3v) is 6.88. The molecule has 0 saturated carbocycles. The second-order valence-corrected chi connectivity index (χ2v) is 10.0. The molecule has 0 unspecified atom stereocenters. The molecule has 0 atom stereocenters. The number of benzene rings is 3. The zero-order chi connectivity index (χ0) is 30.2. The lowest BCUT2D eigenvalue weighted by Gasteiger charge is -2.13. The van der Waals surface area contributed by atoms with Gasteiger partial charge in [0.05, 0.1) is 29.3 Å². The lowest BCUT2D eigenvalue weighted by atomic mass is 10.2. The molecule has 0 spiro atoms. The second kappa shape index (κ2) is 13.9. The highest BCUT2D eigenvalue weighted by Crippen LogP contribution is 2.35. The van der Waals surface area contributed by atoms with Crippen molar-refractivity contribution in [2.24, 2.45) is 0 Å². The number of anilines is 2. The molecule has 4 amide bonds. The molecule has 1 heterocycles. The van der Waals surface area contributed by atoms with Crippen LogP contribution in [0.15, 0.2) is 65.6 Å². The van der Waals surface area contributed by atoms with Gasteiger partial charge >= 0.3 is 0 Å². The number of rotatable bonds is 11. The van der Waals surface area contributed by atoms with Gasteiger partial charge in [0, 0.05) is 5.69 Å². The third kappa shape index (κ3) is 7.59. The number of nitrogens with one attached hydrogen (secondary N) is 2. The highest BCUT2D eigenvalue weighted by atomic mass is 35.5. The topological polar surface area (TPSA) is 123 Å². The van der Waals surface area contributed by atoms with E-state index in [1.54, 1.807) is 42.5 Å². The van der Waals surface area contributed by atoms with Gasteiger partial charge in [-0.05, 0) is 72.8 Å². The maximum Gasteiger partial charge on any atom is 0.294 e. The molecule has 0 bridgehead atoms. The van der Waals surface area contributed by atoms with Crippen LogP contribution in [0.5, 0.6) is 17.2 Å². The van der Waals surface area contributed by atoms with Crippen LogP contribution in [-0.2, 0) is 14.4 Å². The van der Waals surface area contributed by atoms with Crippen LogP contribution < -0.4 is 24.8 Å². The summed E-state index contributed by atoms with van der Waals surface area (Å²) in [4.78, 5) is 51.1. The van der Waals surface area contributed by atoms with Crippen molar-refractivity contribution >= 4 is 63.8 Å². The normalized spacial score (nSPS) is 13.7. The Kier molecular flexibility index (Phi) is 10.0. The number of thioether (sulfide) groups is 1. The Bertz CT molecular complexity index is 1570. The van der Waals surface area contributed by atoms with Crippen LogP contribution in [0.1, 0.15) is 12.5 Å². The summed E-state index contributed by atoms with van der Waals surface area (Å²) in [6.45, 7) is 1.45. The van der Waals surface area contributed by atoms with Gasteiger partial charge in [-0.15, -0.1) is 0 Å². The van der Waals surface area contributed by atoms with Gasteiger partial charge in [0.1, 0.15) is 18.1 Å². The highest BCUT2D eigenvalue weighted by Gasteiger charge is 2.36. The molecular weight excluding hydrogens is 589 g/mol. The van der Waals surface area contributed by atoms with Crippen LogP contribution in [0.3, 0.4) is 0 Å². The summed E-state index contributed by atoms with van der Waals surface area (Å²) in [6.07, 6.45) is 1.48. The fraction of sp³-hybridized carbons (Fsp3) is 0.172. The van der Waals surface area contributed by atoms with E-state index in [1.807, 2.05) is 6.92 Å². The van der Waals surface area contributed by atoms with Crippen molar-refractivity contribution in [2.45, 2.75) is 6.92 Å². The minimum Gasteiger partial charge on any atom is -0.493 e. The quantitative estimate of drug-likeness (QED) is 0.269. The standard InChI is InChI=1S/C29H25ClFN3O7S/c1-3-40-22-7-5-4-6-21(22)33-27(36)16-41-23-11-8-17(12-24(23)39-2)13-25-28(37)34(29(38)42-25)15-26(35)32-18-9-10-20(31)19(30)14-18/h4-14H,3,15-16H2,1-2H3,(H,32,35)(H,33,36)/b25-13+. The smallest absolute Gasteiger partial charge is 0.294 e. The minimum absolute atomic E-state index is 0.0979. The highest BCUT2D eigenvalue weighted by molar-refractivity contribution is 8.18. The van der Waals surface area contributed by atoms with Gasteiger partial charge in [0.15, 0.2) is 18.1 Å². The molecule has 2 N–H and O–H groups in total. The number of amides is 4. The van der Waals surface area contributed by atoms with Gasteiger partial charge in [-0.2, -0.15) is 0 Å². The first kappa shape index (κ1) is 30.4. The first-order valence-electron chi connectivity index (χ1n) is 12.5. The van der Waals surface area contributed by atoms with Crippen molar-refractivity contribution in [3.8, 4) is 17.2 Å². The summed E-state index contributed by atoms with van der Waals surface area (Å²) in [5.74, 6) is -1.25. The molecule has 1 saturated heterocycles. The number of hydrogen-bond donors (Lipinski definition) is 2. The Labute approximate surface area is 249 Å². The molecule has 1 aliphatic heterocycles. The molecule has 0 radical (unpaired) electrons. The maximum atomic E-state index is 13.3. The summed E-state index contributed by atoms with van der Waals surface area (Å²) >= 11 is 6.40. The van der Waals surface area contributed by atoms with Crippen LogP contribution in [0, 0.1) is 5.82 Å². The van der Waals surface area contributed by atoms with Gasteiger partial charge in [-0.1, -0.05) is 29.8 Å². The number of imide groups is 1. The lowest BCUT2D eigenvalue weighted by Crippen LogP contribution is -2.36. The summed E-state index contributed by atoms with van der Waals surface area (Å²) < 4.78 is 29.9. The van der Waals surface area contributed by atoms with Crippen LogP contribution in [0.4, 0.5) is 20.6 Å². The van der Waals surface area contributed by atoms with Crippen molar-refractivity contribution in [2.75, 3.05) is 37.5 Å². The van der Waals surface area contributed by atoms with E-state index in [0.29, 0.717) is 41.1 Å². The Morgan fingerprint density at radius 3 is 2.50 bits per heavy atom. The number of carbonyl (C=O) groups is 4. The third-order valence-electron chi connectivity index (χ3n) is 5.68. The first-order chi connectivity index (χ1) is 20.2. The largest absolute Gasteiger partial charge is 0.493 e. The Morgan fingerprint density at radius 1 is 0.976 bits per heavy atom. The van der Waals surface area contributed by atoms with E-state index in [2.05, 4.69) is 10.6 Å². The van der Waals surface area contributed by atoms with Crippen molar-refractivity contribution in [1.29, 1.82) is 0 Å². The molecule has 0 aromatic heterocycles. The summed E-state index contributed by atoms with van der Waals surface area (Å²) in [6, 6.07) is 15.4.